The molecule has 0 atom stereocenters. The maximum atomic E-state index is 2.42. The van der Waals surface area contributed by atoms with E-state index in [4.69, 9.17) is 0 Å². The predicted molar refractivity (Wildman–Crippen MR) is 195 cm³/mol. The first kappa shape index (κ1) is 27.9. The molecule has 46 heavy (non-hydrogen) atoms. The summed E-state index contributed by atoms with van der Waals surface area (Å²) in [7, 11) is 0. The summed E-state index contributed by atoms with van der Waals surface area (Å²) in [5.74, 6) is 0. The van der Waals surface area contributed by atoms with Crippen LogP contribution >= 0.6 is 0 Å². The first-order valence-electron chi connectivity index (χ1n) is 16.0. The maximum absolute atomic E-state index is 2.42. The lowest BCUT2D eigenvalue weighted by Gasteiger charge is -2.27. The third-order valence-electron chi connectivity index (χ3n) is 9.49. The molecule has 0 unspecified atom stereocenters. The molecule has 1 aliphatic carbocycles. The van der Waals surface area contributed by atoms with Crippen LogP contribution in [0.5, 0.6) is 0 Å². The average Bonchev–Trinajstić information content (AvgIpc) is 3.35. The van der Waals surface area contributed by atoms with Gasteiger partial charge in [-0.2, -0.15) is 0 Å². The van der Waals surface area contributed by atoms with Gasteiger partial charge in [-0.1, -0.05) is 147 Å². The van der Waals surface area contributed by atoms with Crippen molar-refractivity contribution in [2.24, 2.45) is 0 Å². The van der Waals surface area contributed by atoms with Gasteiger partial charge in [-0.25, -0.2) is 0 Å². The van der Waals surface area contributed by atoms with Crippen LogP contribution in [0.15, 0.2) is 176 Å². The highest BCUT2D eigenvalue weighted by Gasteiger charge is 2.35. The molecular formula is C45H35N. The van der Waals surface area contributed by atoms with E-state index in [0.29, 0.717) is 0 Å². The molecule has 0 aliphatic heterocycles. The van der Waals surface area contributed by atoms with Crippen LogP contribution in [0, 0.1) is 0 Å². The third kappa shape index (κ3) is 4.82. The lowest BCUT2D eigenvalue weighted by Crippen LogP contribution is -2.14. The average molecular weight is 590 g/mol. The van der Waals surface area contributed by atoms with E-state index in [0.717, 1.165) is 17.1 Å². The number of fused-ring (bicyclic) bond motifs is 3. The Morgan fingerprint density at radius 3 is 1.54 bits per heavy atom. The minimum absolute atomic E-state index is 0.0508. The van der Waals surface area contributed by atoms with E-state index in [2.05, 4.69) is 195 Å². The molecule has 1 heteroatoms. The zero-order valence-corrected chi connectivity index (χ0v) is 26.2. The molecule has 0 radical (unpaired) electrons. The van der Waals surface area contributed by atoms with Crippen LogP contribution in [0.1, 0.15) is 25.0 Å². The van der Waals surface area contributed by atoms with Crippen LogP contribution in [0.4, 0.5) is 17.1 Å². The van der Waals surface area contributed by atoms with Crippen molar-refractivity contribution in [2.75, 3.05) is 4.90 Å². The summed E-state index contributed by atoms with van der Waals surface area (Å²) in [4.78, 5) is 2.35. The fourth-order valence-corrected chi connectivity index (χ4v) is 7.11. The quantitative estimate of drug-likeness (QED) is 0.186. The number of hydrogen-bond donors (Lipinski definition) is 0. The molecule has 0 spiro atoms. The van der Waals surface area contributed by atoms with E-state index in [9.17, 15) is 0 Å². The van der Waals surface area contributed by atoms with Gasteiger partial charge in [0.2, 0.25) is 0 Å². The highest BCUT2D eigenvalue weighted by atomic mass is 15.1. The second-order valence-corrected chi connectivity index (χ2v) is 12.6. The van der Waals surface area contributed by atoms with Crippen LogP contribution < -0.4 is 4.90 Å². The number of hydrogen-bond acceptors (Lipinski definition) is 1. The Morgan fingerprint density at radius 2 is 0.826 bits per heavy atom. The number of nitrogens with zero attached hydrogens (tertiary/aromatic N) is 1. The zero-order valence-electron chi connectivity index (χ0n) is 26.2. The SMILES string of the molecule is CC1(C)c2ccccc2-c2ccc(-c3ccc(N(c4ccccc4)c4ccc(-c5ccccc5)cc4)cc3-c3ccccc3)cc21. The molecule has 0 heterocycles. The minimum atomic E-state index is -0.0508. The summed E-state index contributed by atoms with van der Waals surface area (Å²) in [6, 6.07) is 63.7. The van der Waals surface area contributed by atoms with Crippen LogP contribution in [-0.4, -0.2) is 0 Å². The van der Waals surface area contributed by atoms with E-state index in [1.54, 1.807) is 0 Å². The van der Waals surface area contributed by atoms with Gasteiger partial charge in [0.05, 0.1) is 0 Å². The van der Waals surface area contributed by atoms with Gasteiger partial charge in [0.25, 0.3) is 0 Å². The van der Waals surface area contributed by atoms with Crippen LogP contribution in [-0.2, 0) is 5.41 Å². The molecule has 8 rings (SSSR count). The molecule has 7 aromatic rings. The Bertz CT molecular complexity index is 2140. The van der Waals surface area contributed by atoms with Gasteiger partial charge in [-0.15, -0.1) is 0 Å². The molecular weight excluding hydrogens is 555 g/mol. The first-order chi connectivity index (χ1) is 22.6. The Kier molecular flexibility index (Phi) is 6.88. The highest BCUT2D eigenvalue weighted by molar-refractivity contribution is 5.91. The van der Waals surface area contributed by atoms with E-state index < -0.39 is 0 Å². The van der Waals surface area contributed by atoms with Gasteiger partial charge >= 0.3 is 0 Å². The zero-order chi connectivity index (χ0) is 31.1. The molecule has 1 nitrogen and oxygen atoms in total. The number of benzene rings is 7. The van der Waals surface area contributed by atoms with Gasteiger partial charge < -0.3 is 4.90 Å². The fourth-order valence-electron chi connectivity index (χ4n) is 7.11. The monoisotopic (exact) mass is 589 g/mol. The summed E-state index contributed by atoms with van der Waals surface area (Å²) in [6.07, 6.45) is 0. The predicted octanol–water partition coefficient (Wildman–Crippen LogP) is 12.5. The lowest BCUT2D eigenvalue weighted by atomic mass is 9.81. The molecule has 0 saturated carbocycles. The number of rotatable bonds is 6. The van der Waals surface area contributed by atoms with Gasteiger partial charge in [-0.05, 0) is 98.1 Å². The van der Waals surface area contributed by atoms with Gasteiger partial charge in [0.15, 0.2) is 0 Å². The van der Waals surface area contributed by atoms with Gasteiger partial charge in [0, 0.05) is 22.5 Å². The Balaban J connectivity index is 1.27. The standard InChI is InChI=1S/C45H35N/c1-45(2)43-21-13-12-20-40(43)41-28-24-35(30-44(41)45)39-29-27-38(31-42(39)34-16-8-4-9-17-34)46(36-18-10-5-11-19-36)37-25-22-33(23-26-37)32-14-6-3-7-15-32/h3-31H,1-2H3. The summed E-state index contributed by atoms with van der Waals surface area (Å²) in [5, 5.41) is 0. The topological polar surface area (TPSA) is 3.24 Å². The van der Waals surface area contributed by atoms with Crippen molar-refractivity contribution in [1.82, 2.24) is 0 Å². The van der Waals surface area contributed by atoms with E-state index in [-0.39, 0.29) is 5.41 Å². The molecule has 1 aliphatic rings. The fraction of sp³-hybridized carbons (Fsp3) is 0.0667. The summed E-state index contributed by atoms with van der Waals surface area (Å²) in [6.45, 7) is 4.70. The molecule has 220 valence electrons. The van der Waals surface area contributed by atoms with Crippen LogP contribution in [0.2, 0.25) is 0 Å². The van der Waals surface area contributed by atoms with Crippen molar-refractivity contribution < 1.29 is 0 Å². The molecule has 0 N–H and O–H groups in total. The molecule has 7 aromatic carbocycles. The number of anilines is 3. The van der Waals surface area contributed by atoms with Crippen molar-refractivity contribution in [1.29, 1.82) is 0 Å². The Hall–Kier alpha value is -5.66. The van der Waals surface area contributed by atoms with Crippen molar-refractivity contribution in [2.45, 2.75) is 19.3 Å². The highest BCUT2D eigenvalue weighted by Crippen LogP contribution is 2.50. The lowest BCUT2D eigenvalue weighted by molar-refractivity contribution is 0.660. The van der Waals surface area contributed by atoms with E-state index >= 15 is 0 Å². The molecule has 0 aromatic heterocycles. The van der Waals surface area contributed by atoms with E-state index in [1.807, 2.05) is 0 Å². The Labute approximate surface area is 272 Å². The summed E-state index contributed by atoms with van der Waals surface area (Å²) < 4.78 is 0. The number of para-hydroxylation sites is 1. The third-order valence-corrected chi connectivity index (χ3v) is 9.49. The van der Waals surface area contributed by atoms with Gasteiger partial charge in [-0.3, -0.25) is 0 Å². The molecule has 0 amide bonds. The largest absolute Gasteiger partial charge is 0.310 e. The normalized spacial score (nSPS) is 12.7. The second kappa shape index (κ2) is 11.4. The maximum Gasteiger partial charge on any atom is 0.0468 e. The van der Waals surface area contributed by atoms with Crippen molar-refractivity contribution in [3.05, 3.63) is 187 Å². The summed E-state index contributed by atoms with van der Waals surface area (Å²) >= 11 is 0. The first-order valence-corrected chi connectivity index (χ1v) is 16.0. The van der Waals surface area contributed by atoms with Gasteiger partial charge in [0.1, 0.15) is 0 Å². The van der Waals surface area contributed by atoms with Crippen molar-refractivity contribution >= 4 is 17.1 Å². The smallest absolute Gasteiger partial charge is 0.0468 e. The molecule has 0 bridgehead atoms. The Morgan fingerprint density at radius 1 is 0.326 bits per heavy atom. The molecule has 0 saturated heterocycles. The van der Waals surface area contributed by atoms with Crippen molar-refractivity contribution in [3.8, 4) is 44.5 Å². The van der Waals surface area contributed by atoms with E-state index in [1.165, 1.54) is 55.6 Å². The van der Waals surface area contributed by atoms with Crippen LogP contribution in [0.3, 0.4) is 0 Å². The molecule has 0 fully saturated rings. The van der Waals surface area contributed by atoms with Crippen LogP contribution in [0.25, 0.3) is 44.5 Å². The van der Waals surface area contributed by atoms with Crippen molar-refractivity contribution in [3.63, 3.8) is 0 Å². The summed E-state index contributed by atoms with van der Waals surface area (Å²) in [5.41, 5.74) is 16.1. The second-order valence-electron chi connectivity index (χ2n) is 12.6. The minimum Gasteiger partial charge on any atom is -0.310 e.